The molecule has 0 aliphatic rings. The molecule has 0 saturated heterocycles. The summed E-state index contributed by atoms with van der Waals surface area (Å²) in [6, 6.07) is 0. The van der Waals surface area contributed by atoms with Crippen LogP contribution in [0.25, 0.3) is 0 Å². The van der Waals surface area contributed by atoms with E-state index in [1.807, 2.05) is 13.8 Å². The Balaban J connectivity index is 5.14. The average Bonchev–Trinajstić information content (AvgIpc) is 2.70. The molecular formula is C31H60O5. The monoisotopic (exact) mass is 512 g/mol. The Labute approximate surface area is 224 Å². The van der Waals surface area contributed by atoms with E-state index in [1.165, 1.54) is 18.9 Å². The summed E-state index contributed by atoms with van der Waals surface area (Å²) in [6.45, 7) is 34.7. The molecule has 214 valence electrons. The maximum absolute atomic E-state index is 11.6. The van der Waals surface area contributed by atoms with Gasteiger partial charge >= 0.3 is 5.97 Å². The second-order valence-electron chi connectivity index (χ2n) is 13.8. The Bertz CT molecular complexity index is 685. The second kappa shape index (κ2) is 13.2. The molecule has 36 heavy (non-hydrogen) atoms. The second-order valence-corrected chi connectivity index (χ2v) is 13.8. The molecule has 5 nitrogen and oxygen atoms in total. The van der Waals surface area contributed by atoms with Crippen LogP contribution in [0.4, 0.5) is 0 Å². The van der Waals surface area contributed by atoms with Gasteiger partial charge in [0.05, 0.1) is 29.5 Å². The van der Waals surface area contributed by atoms with Crippen LogP contribution in [-0.2, 0) is 23.7 Å². The van der Waals surface area contributed by atoms with Crippen LogP contribution in [-0.4, -0.2) is 47.7 Å². The van der Waals surface area contributed by atoms with Gasteiger partial charge in [0.2, 0.25) is 0 Å². The average molecular weight is 513 g/mol. The van der Waals surface area contributed by atoms with Gasteiger partial charge in [0, 0.05) is 24.5 Å². The van der Waals surface area contributed by atoms with Crippen molar-refractivity contribution in [3.05, 3.63) is 12.7 Å². The van der Waals surface area contributed by atoms with Crippen LogP contribution < -0.4 is 0 Å². The zero-order valence-corrected chi connectivity index (χ0v) is 26.4. The van der Waals surface area contributed by atoms with Crippen LogP contribution in [0.5, 0.6) is 0 Å². The molecular weight excluding hydrogens is 452 g/mol. The molecule has 0 heterocycles. The van der Waals surface area contributed by atoms with Crippen LogP contribution in [0.2, 0.25) is 0 Å². The molecule has 0 radical (unpaired) electrons. The van der Waals surface area contributed by atoms with Crippen molar-refractivity contribution in [2.24, 2.45) is 10.8 Å². The fourth-order valence-electron chi connectivity index (χ4n) is 3.90. The number of hydrogen-bond acceptors (Lipinski definition) is 5. The van der Waals surface area contributed by atoms with E-state index in [1.54, 1.807) is 0 Å². The van der Waals surface area contributed by atoms with E-state index >= 15 is 0 Å². The Morgan fingerprint density at radius 2 is 1.31 bits per heavy atom. The highest BCUT2D eigenvalue weighted by molar-refractivity contribution is 5.81. The molecule has 0 aromatic rings. The van der Waals surface area contributed by atoms with Gasteiger partial charge in [0.15, 0.2) is 0 Å². The lowest BCUT2D eigenvalue weighted by molar-refractivity contribution is -0.213. The van der Waals surface area contributed by atoms with Gasteiger partial charge in [-0.25, -0.2) is 4.79 Å². The molecule has 0 spiro atoms. The minimum Gasteiger partial charge on any atom is -0.456 e. The van der Waals surface area contributed by atoms with Gasteiger partial charge in [-0.1, -0.05) is 54.0 Å². The van der Waals surface area contributed by atoms with Crippen LogP contribution >= 0.6 is 0 Å². The summed E-state index contributed by atoms with van der Waals surface area (Å²) in [5.74, 6) is -0.415. The number of carbonyl (C=O) groups excluding carboxylic acids is 1. The molecule has 0 fully saturated rings. The van der Waals surface area contributed by atoms with Crippen LogP contribution in [0.1, 0.15) is 129 Å². The summed E-state index contributed by atoms with van der Waals surface area (Å²) >= 11 is 0. The third-order valence-electron chi connectivity index (χ3n) is 8.73. The van der Waals surface area contributed by atoms with E-state index in [9.17, 15) is 4.79 Å². The smallest absolute Gasteiger partial charge is 0.330 e. The summed E-state index contributed by atoms with van der Waals surface area (Å²) < 4.78 is 24.9. The van der Waals surface area contributed by atoms with Crippen molar-refractivity contribution in [2.45, 2.75) is 158 Å². The first-order valence-electron chi connectivity index (χ1n) is 13.9. The van der Waals surface area contributed by atoms with Crippen molar-refractivity contribution < 1.29 is 23.7 Å². The van der Waals surface area contributed by atoms with Gasteiger partial charge in [-0.05, 0) is 80.6 Å². The van der Waals surface area contributed by atoms with Crippen LogP contribution in [0.3, 0.4) is 0 Å². The van der Waals surface area contributed by atoms with Crippen molar-refractivity contribution >= 4 is 5.97 Å². The lowest BCUT2D eigenvalue weighted by Crippen LogP contribution is -2.54. The lowest BCUT2D eigenvalue weighted by atomic mass is 9.71. The zero-order valence-electron chi connectivity index (χ0n) is 26.4. The number of rotatable bonds is 18. The summed E-state index contributed by atoms with van der Waals surface area (Å²) in [5.41, 5.74) is -1.89. The van der Waals surface area contributed by atoms with Gasteiger partial charge in [-0.15, -0.1) is 0 Å². The van der Waals surface area contributed by atoms with Crippen LogP contribution in [0, 0.1) is 10.8 Å². The maximum atomic E-state index is 11.6. The highest BCUT2D eigenvalue weighted by Crippen LogP contribution is 2.44. The predicted molar refractivity (Wildman–Crippen MR) is 151 cm³/mol. The van der Waals surface area contributed by atoms with Gasteiger partial charge in [0.1, 0.15) is 5.60 Å². The Morgan fingerprint density at radius 1 is 0.778 bits per heavy atom. The largest absolute Gasteiger partial charge is 0.456 e. The third kappa shape index (κ3) is 10.8. The lowest BCUT2D eigenvalue weighted by Gasteiger charge is -2.50. The summed E-state index contributed by atoms with van der Waals surface area (Å²) in [6.07, 6.45) is 6.10. The van der Waals surface area contributed by atoms with E-state index < -0.39 is 17.2 Å². The number of carbonyl (C=O) groups is 1. The Morgan fingerprint density at radius 3 is 1.81 bits per heavy atom. The third-order valence-corrected chi connectivity index (χ3v) is 8.73. The SMILES string of the molecule is C=CC(=O)OC(C)(C)CCOC(C)(C)C(C)(C)C(C)OC(C)(C)C(C)(C)CCOC(C)(C)CCCC. The molecule has 0 amide bonds. The van der Waals surface area contributed by atoms with Crippen molar-refractivity contribution in [3.8, 4) is 0 Å². The van der Waals surface area contributed by atoms with E-state index in [0.29, 0.717) is 13.0 Å². The Hall–Kier alpha value is -0.910. The summed E-state index contributed by atoms with van der Waals surface area (Å²) in [7, 11) is 0. The zero-order chi connectivity index (χ0) is 28.6. The number of unbranched alkanes of at least 4 members (excludes halogenated alkanes) is 1. The van der Waals surface area contributed by atoms with Crippen LogP contribution in [0.15, 0.2) is 12.7 Å². The standard InChI is InChI=1S/C31H60O5/c1-16-18-19-27(6,7)33-22-20-26(4,5)30(12,13)35-24(3)29(10,11)31(14,15)34-23-21-28(8,9)36-25(32)17-2/h17,24H,2,16,18-23H2,1,3-15H3. The first-order chi connectivity index (χ1) is 16.1. The number of hydrogen-bond donors (Lipinski definition) is 0. The summed E-state index contributed by atoms with van der Waals surface area (Å²) in [5, 5.41) is 0. The molecule has 0 aliphatic heterocycles. The molecule has 0 aromatic carbocycles. The quantitative estimate of drug-likeness (QED) is 0.137. The molecule has 0 aromatic heterocycles. The Kier molecular flexibility index (Phi) is 12.9. The van der Waals surface area contributed by atoms with E-state index in [0.717, 1.165) is 19.4 Å². The number of esters is 1. The van der Waals surface area contributed by atoms with Gasteiger partial charge < -0.3 is 18.9 Å². The maximum Gasteiger partial charge on any atom is 0.330 e. The summed E-state index contributed by atoms with van der Waals surface area (Å²) in [4.78, 5) is 11.6. The van der Waals surface area contributed by atoms with Crippen molar-refractivity contribution in [1.82, 2.24) is 0 Å². The first-order valence-corrected chi connectivity index (χ1v) is 13.9. The van der Waals surface area contributed by atoms with Gasteiger partial charge in [-0.3, -0.25) is 0 Å². The molecule has 0 N–H and O–H groups in total. The molecule has 0 aliphatic carbocycles. The first kappa shape index (κ1) is 35.1. The highest BCUT2D eigenvalue weighted by atomic mass is 16.6. The van der Waals surface area contributed by atoms with Crippen molar-refractivity contribution in [3.63, 3.8) is 0 Å². The van der Waals surface area contributed by atoms with E-state index in [2.05, 4.69) is 89.7 Å². The van der Waals surface area contributed by atoms with Gasteiger partial charge in [-0.2, -0.15) is 0 Å². The molecule has 0 rings (SSSR count). The molecule has 5 heteroatoms. The minimum absolute atomic E-state index is 0.0599. The minimum atomic E-state index is -0.618. The van der Waals surface area contributed by atoms with Crippen molar-refractivity contribution in [1.29, 1.82) is 0 Å². The predicted octanol–water partition coefficient (Wildman–Crippen LogP) is 8.29. The normalized spacial score (nSPS) is 15.1. The van der Waals surface area contributed by atoms with E-state index in [-0.39, 0.29) is 28.1 Å². The van der Waals surface area contributed by atoms with Gasteiger partial charge in [0.25, 0.3) is 0 Å². The van der Waals surface area contributed by atoms with Crippen molar-refractivity contribution in [2.75, 3.05) is 13.2 Å². The molecule has 1 atom stereocenters. The fraction of sp³-hybridized carbons (Fsp3) is 0.903. The highest BCUT2D eigenvalue weighted by Gasteiger charge is 2.47. The topological polar surface area (TPSA) is 54.0 Å². The molecule has 1 unspecified atom stereocenters. The molecule has 0 saturated carbocycles. The fourth-order valence-corrected chi connectivity index (χ4v) is 3.90. The van der Waals surface area contributed by atoms with E-state index in [4.69, 9.17) is 18.9 Å². The number of ether oxygens (including phenoxy) is 4. The molecule has 0 bridgehead atoms.